The third-order valence-corrected chi connectivity index (χ3v) is 5.53. The molecule has 0 atom stereocenters. The molecule has 0 aliphatic heterocycles. The summed E-state index contributed by atoms with van der Waals surface area (Å²) in [7, 11) is 0. The van der Waals surface area contributed by atoms with Crippen LogP contribution < -0.4 is 0 Å². The van der Waals surface area contributed by atoms with Gasteiger partial charge in [-0.25, -0.2) is 0 Å². The summed E-state index contributed by atoms with van der Waals surface area (Å²) in [5.74, 6) is -0.282. The molecule has 1 saturated carbocycles. The highest BCUT2D eigenvalue weighted by Crippen LogP contribution is 2.28. The minimum Gasteiger partial charge on any atom is -0.374 e. The number of benzene rings is 1. The van der Waals surface area contributed by atoms with E-state index in [2.05, 4.69) is 31.2 Å². The van der Waals surface area contributed by atoms with Gasteiger partial charge in [-0.2, -0.15) is 9.65 Å². The van der Waals surface area contributed by atoms with Gasteiger partial charge in [0.1, 0.15) is 6.07 Å². The molecule has 152 valence electrons. The Kier molecular flexibility index (Phi) is 10.6. The van der Waals surface area contributed by atoms with Gasteiger partial charge in [-0.3, -0.25) is 0 Å². The predicted molar refractivity (Wildman–Crippen MR) is 113 cm³/mol. The standard InChI is InChI=1S/C25H34FNO/c1-2-3-4-5-6-8-21-11-13-23(14-12-21)20-28-25-17-15-22(16-18-25)9-7-10-24(26)19-27/h7,9-14,22,25H,2-6,8,15-18,20H2,1H3/t22-,25-. The van der Waals surface area contributed by atoms with Gasteiger partial charge in [0.25, 0.3) is 0 Å². The topological polar surface area (TPSA) is 33.0 Å². The van der Waals surface area contributed by atoms with E-state index < -0.39 is 5.83 Å². The summed E-state index contributed by atoms with van der Waals surface area (Å²) in [6, 6.07) is 10.4. The number of nitrogens with zero attached hydrogens (tertiary/aromatic N) is 1. The largest absolute Gasteiger partial charge is 0.374 e. The summed E-state index contributed by atoms with van der Waals surface area (Å²) in [5.41, 5.74) is 2.67. The minimum atomic E-state index is -0.740. The van der Waals surface area contributed by atoms with Gasteiger partial charge >= 0.3 is 0 Å². The molecule has 1 aliphatic rings. The summed E-state index contributed by atoms with van der Waals surface area (Å²) in [4.78, 5) is 0. The summed E-state index contributed by atoms with van der Waals surface area (Å²) in [6.07, 6.45) is 17.2. The monoisotopic (exact) mass is 383 g/mol. The summed E-state index contributed by atoms with van der Waals surface area (Å²) >= 11 is 0. The maximum atomic E-state index is 12.8. The number of aryl methyl sites for hydroxylation is 1. The molecular weight excluding hydrogens is 349 g/mol. The summed E-state index contributed by atoms with van der Waals surface area (Å²) < 4.78 is 18.9. The molecule has 1 aromatic carbocycles. The Labute approximate surface area is 170 Å². The summed E-state index contributed by atoms with van der Waals surface area (Å²) in [6.45, 7) is 2.93. The molecule has 28 heavy (non-hydrogen) atoms. The van der Waals surface area contributed by atoms with Crippen LogP contribution in [0.15, 0.2) is 48.3 Å². The molecule has 1 aliphatic carbocycles. The number of halogens is 1. The average molecular weight is 384 g/mol. The van der Waals surface area contributed by atoms with Gasteiger partial charge in [-0.05, 0) is 61.6 Å². The maximum absolute atomic E-state index is 12.8. The van der Waals surface area contributed by atoms with E-state index in [4.69, 9.17) is 10.00 Å². The van der Waals surface area contributed by atoms with Crippen molar-refractivity contribution in [3.8, 4) is 6.07 Å². The average Bonchev–Trinajstić information content (AvgIpc) is 2.73. The molecule has 0 heterocycles. The van der Waals surface area contributed by atoms with Crippen LogP contribution in [0.1, 0.15) is 75.8 Å². The molecular formula is C25H34FNO. The number of hydrogen-bond donors (Lipinski definition) is 0. The van der Waals surface area contributed by atoms with E-state index in [1.54, 1.807) is 6.08 Å². The number of allylic oxidation sites excluding steroid dienone is 4. The third-order valence-electron chi connectivity index (χ3n) is 5.53. The van der Waals surface area contributed by atoms with Gasteiger partial charge in [-0.15, -0.1) is 0 Å². The molecule has 0 unspecified atom stereocenters. The van der Waals surface area contributed by atoms with Gasteiger partial charge < -0.3 is 4.74 Å². The number of hydrogen-bond acceptors (Lipinski definition) is 2. The Morgan fingerprint density at radius 1 is 1.07 bits per heavy atom. The molecule has 2 rings (SSSR count). The lowest BCUT2D eigenvalue weighted by Crippen LogP contribution is -2.20. The molecule has 0 radical (unpaired) electrons. The van der Waals surface area contributed by atoms with E-state index in [1.807, 2.05) is 6.08 Å². The molecule has 0 saturated heterocycles. The van der Waals surface area contributed by atoms with E-state index in [0.29, 0.717) is 18.6 Å². The second kappa shape index (κ2) is 13.3. The van der Waals surface area contributed by atoms with Crippen molar-refractivity contribution in [1.29, 1.82) is 5.26 Å². The Balaban J connectivity index is 1.63. The highest BCUT2D eigenvalue weighted by atomic mass is 19.1. The van der Waals surface area contributed by atoms with Crippen LogP contribution in [-0.2, 0) is 17.8 Å². The molecule has 1 aromatic rings. The van der Waals surface area contributed by atoms with Crippen LogP contribution in [-0.4, -0.2) is 6.10 Å². The number of rotatable bonds is 11. The van der Waals surface area contributed by atoms with Crippen molar-refractivity contribution >= 4 is 0 Å². The van der Waals surface area contributed by atoms with Gasteiger partial charge in [0, 0.05) is 0 Å². The molecule has 2 nitrogen and oxygen atoms in total. The molecule has 3 heteroatoms. The molecule has 0 spiro atoms. The third kappa shape index (κ3) is 8.85. The second-order valence-corrected chi connectivity index (χ2v) is 7.84. The molecule has 0 bridgehead atoms. The lowest BCUT2D eigenvalue weighted by Gasteiger charge is -2.26. The van der Waals surface area contributed by atoms with Crippen molar-refractivity contribution in [2.75, 3.05) is 0 Å². The fourth-order valence-corrected chi connectivity index (χ4v) is 3.73. The minimum absolute atomic E-state index is 0.314. The van der Waals surface area contributed by atoms with Crippen LogP contribution in [0.2, 0.25) is 0 Å². The fraction of sp³-hybridized carbons (Fsp3) is 0.560. The van der Waals surface area contributed by atoms with Crippen molar-refractivity contribution in [3.63, 3.8) is 0 Å². The van der Waals surface area contributed by atoms with Crippen LogP contribution in [0.25, 0.3) is 0 Å². The van der Waals surface area contributed by atoms with Gasteiger partial charge in [0.2, 0.25) is 0 Å². The Hall–Kier alpha value is -1.92. The highest BCUT2D eigenvalue weighted by molar-refractivity contribution is 5.22. The first-order valence-corrected chi connectivity index (χ1v) is 10.8. The lowest BCUT2D eigenvalue weighted by molar-refractivity contribution is 0.0110. The van der Waals surface area contributed by atoms with Crippen LogP contribution in [0, 0.1) is 17.2 Å². The zero-order valence-electron chi connectivity index (χ0n) is 17.2. The highest BCUT2D eigenvalue weighted by Gasteiger charge is 2.19. The molecule has 0 aromatic heterocycles. The molecule has 0 amide bonds. The Morgan fingerprint density at radius 2 is 1.75 bits per heavy atom. The first-order valence-electron chi connectivity index (χ1n) is 10.8. The number of unbranched alkanes of at least 4 members (excludes halogenated alkanes) is 4. The van der Waals surface area contributed by atoms with Crippen LogP contribution >= 0.6 is 0 Å². The first kappa shape index (κ1) is 22.4. The Morgan fingerprint density at radius 3 is 2.43 bits per heavy atom. The number of nitriles is 1. The van der Waals surface area contributed by atoms with E-state index in [0.717, 1.165) is 25.7 Å². The molecule has 1 fully saturated rings. The van der Waals surface area contributed by atoms with Crippen molar-refractivity contribution in [1.82, 2.24) is 0 Å². The van der Waals surface area contributed by atoms with Gasteiger partial charge in [-0.1, -0.05) is 69.0 Å². The van der Waals surface area contributed by atoms with Crippen molar-refractivity contribution < 1.29 is 9.13 Å². The van der Waals surface area contributed by atoms with Gasteiger partial charge in [0.15, 0.2) is 5.83 Å². The van der Waals surface area contributed by atoms with Crippen LogP contribution in [0.4, 0.5) is 4.39 Å². The lowest BCUT2D eigenvalue weighted by atomic mass is 9.87. The van der Waals surface area contributed by atoms with E-state index in [1.165, 1.54) is 61.8 Å². The zero-order chi connectivity index (χ0) is 20.0. The number of ether oxygens (including phenoxy) is 1. The quantitative estimate of drug-likeness (QED) is 0.230. The van der Waals surface area contributed by atoms with Crippen molar-refractivity contribution in [3.05, 3.63) is 59.4 Å². The van der Waals surface area contributed by atoms with E-state index in [9.17, 15) is 4.39 Å². The fourth-order valence-electron chi connectivity index (χ4n) is 3.73. The Bertz CT molecular complexity index is 648. The predicted octanol–water partition coefficient (Wildman–Crippen LogP) is 7.21. The van der Waals surface area contributed by atoms with Crippen molar-refractivity contribution in [2.24, 2.45) is 5.92 Å². The van der Waals surface area contributed by atoms with E-state index in [-0.39, 0.29) is 0 Å². The normalized spacial score (nSPS) is 20.4. The molecule has 0 N–H and O–H groups in total. The van der Waals surface area contributed by atoms with Gasteiger partial charge in [0.05, 0.1) is 12.7 Å². The van der Waals surface area contributed by atoms with Crippen LogP contribution in [0.5, 0.6) is 0 Å². The zero-order valence-corrected chi connectivity index (χ0v) is 17.2. The first-order chi connectivity index (χ1) is 13.7. The smallest absolute Gasteiger partial charge is 0.199 e. The van der Waals surface area contributed by atoms with Crippen LogP contribution in [0.3, 0.4) is 0 Å². The SMILES string of the molecule is CCCCCCCc1ccc(CO[C@H]2CC[C@H](C=CC=C(F)C#N)CC2)cc1. The summed E-state index contributed by atoms with van der Waals surface area (Å²) in [5, 5.41) is 8.40. The second-order valence-electron chi connectivity index (χ2n) is 7.84. The maximum Gasteiger partial charge on any atom is 0.199 e. The van der Waals surface area contributed by atoms with E-state index >= 15 is 0 Å². The van der Waals surface area contributed by atoms with Crippen molar-refractivity contribution in [2.45, 2.75) is 83.8 Å².